The van der Waals surface area contributed by atoms with Crippen molar-refractivity contribution in [2.45, 2.75) is 39.3 Å². The predicted molar refractivity (Wildman–Crippen MR) is 87.1 cm³/mol. The molecule has 1 heteroatoms. The zero-order valence-corrected chi connectivity index (χ0v) is 13.5. The first-order chi connectivity index (χ1) is 9.08. The molecule has 1 aromatic rings. The smallest absolute Gasteiger partial charge is 0.0600 e. The van der Waals surface area contributed by atoms with E-state index in [-0.39, 0.29) is 0 Å². The molecule has 0 aliphatic heterocycles. The van der Waals surface area contributed by atoms with Crippen LogP contribution >= 0.6 is 0 Å². The van der Waals surface area contributed by atoms with Gasteiger partial charge in [0.15, 0.2) is 0 Å². The van der Waals surface area contributed by atoms with Crippen molar-refractivity contribution < 1.29 is 0 Å². The number of rotatable bonds is 2. The average molecular weight is 266 g/mol. The lowest BCUT2D eigenvalue weighted by atomic mass is 9.86. The van der Waals surface area contributed by atoms with Crippen LogP contribution in [0.15, 0.2) is 52.3 Å². The summed E-state index contributed by atoms with van der Waals surface area (Å²) < 4.78 is 0. The second-order valence-corrected chi connectivity index (χ2v) is 9.26. The van der Waals surface area contributed by atoms with E-state index in [9.17, 15) is 0 Å². The highest BCUT2D eigenvalue weighted by Crippen LogP contribution is 2.46. The van der Waals surface area contributed by atoms with Crippen LogP contribution in [0, 0.1) is 0 Å². The molecule has 0 nitrogen and oxygen atoms in total. The van der Waals surface area contributed by atoms with E-state index in [0.29, 0.717) is 5.92 Å². The number of allylic oxidation sites excluding steroid dienone is 5. The zero-order valence-electron chi connectivity index (χ0n) is 12.3. The van der Waals surface area contributed by atoms with E-state index < -0.39 is 8.80 Å². The zero-order chi connectivity index (χ0) is 13.6. The standard InChI is InChI=1S/C18H22Si/c1-12-10-15(19(3)4)11-17(12)18-13(2)9-14-7-5-6-8-16(14)18/h5-10,18-19H,11H2,1-4H3/t18-/m0/s1. The van der Waals surface area contributed by atoms with Gasteiger partial charge in [-0.25, -0.2) is 0 Å². The van der Waals surface area contributed by atoms with Gasteiger partial charge in [0, 0.05) is 5.92 Å². The molecule has 0 aromatic heterocycles. The van der Waals surface area contributed by atoms with E-state index >= 15 is 0 Å². The van der Waals surface area contributed by atoms with Gasteiger partial charge < -0.3 is 0 Å². The fourth-order valence-electron chi connectivity index (χ4n) is 3.42. The van der Waals surface area contributed by atoms with Gasteiger partial charge in [0.25, 0.3) is 0 Å². The fraction of sp³-hybridized carbons (Fsp3) is 0.333. The monoisotopic (exact) mass is 266 g/mol. The molecule has 0 N–H and O–H groups in total. The van der Waals surface area contributed by atoms with Crippen LogP contribution in [0.2, 0.25) is 13.1 Å². The molecule has 0 saturated heterocycles. The Morgan fingerprint density at radius 1 is 1.05 bits per heavy atom. The van der Waals surface area contributed by atoms with Gasteiger partial charge in [0.1, 0.15) is 0 Å². The Hall–Kier alpha value is -1.34. The molecule has 0 bridgehead atoms. The van der Waals surface area contributed by atoms with Gasteiger partial charge in [-0.3, -0.25) is 0 Å². The maximum atomic E-state index is 2.47. The first-order valence-corrected chi connectivity index (χ1v) is 10.1. The highest BCUT2D eigenvalue weighted by molar-refractivity contribution is 6.64. The summed E-state index contributed by atoms with van der Waals surface area (Å²) >= 11 is 0. The maximum Gasteiger partial charge on any atom is 0.0600 e. The summed E-state index contributed by atoms with van der Waals surface area (Å²) in [6.07, 6.45) is 6.06. The predicted octanol–water partition coefficient (Wildman–Crippen LogP) is 4.86. The second-order valence-electron chi connectivity index (χ2n) is 6.21. The summed E-state index contributed by atoms with van der Waals surface area (Å²) in [6.45, 7) is 9.46. The first-order valence-electron chi connectivity index (χ1n) is 7.25. The van der Waals surface area contributed by atoms with Crippen molar-refractivity contribution in [3.63, 3.8) is 0 Å². The van der Waals surface area contributed by atoms with Crippen LogP contribution in [0.3, 0.4) is 0 Å². The molecule has 0 radical (unpaired) electrons. The molecule has 0 unspecified atom stereocenters. The first kappa shape index (κ1) is 12.7. The minimum Gasteiger partial charge on any atom is -0.0803 e. The summed E-state index contributed by atoms with van der Waals surface area (Å²) in [6, 6.07) is 8.87. The van der Waals surface area contributed by atoms with Gasteiger partial charge in [0.05, 0.1) is 8.80 Å². The minimum absolute atomic E-state index is 0.540. The molecule has 1 atom stereocenters. The lowest BCUT2D eigenvalue weighted by Crippen LogP contribution is -2.07. The summed E-state index contributed by atoms with van der Waals surface area (Å²) in [4.78, 5) is 0. The van der Waals surface area contributed by atoms with Crippen molar-refractivity contribution in [1.29, 1.82) is 0 Å². The van der Waals surface area contributed by atoms with Crippen LogP contribution in [-0.4, -0.2) is 8.80 Å². The fourth-order valence-corrected chi connectivity index (χ4v) is 4.63. The van der Waals surface area contributed by atoms with E-state index in [2.05, 4.69) is 63.4 Å². The largest absolute Gasteiger partial charge is 0.0803 e. The Kier molecular flexibility index (Phi) is 3.10. The van der Waals surface area contributed by atoms with Gasteiger partial charge in [-0.15, -0.1) is 0 Å². The van der Waals surface area contributed by atoms with Gasteiger partial charge >= 0.3 is 0 Å². The van der Waals surface area contributed by atoms with Gasteiger partial charge in [-0.1, -0.05) is 71.4 Å². The Morgan fingerprint density at radius 2 is 1.79 bits per heavy atom. The summed E-state index contributed by atoms with van der Waals surface area (Å²) in [7, 11) is -0.649. The van der Waals surface area contributed by atoms with Crippen LogP contribution in [-0.2, 0) is 0 Å². The Morgan fingerprint density at radius 3 is 2.47 bits per heavy atom. The van der Waals surface area contributed by atoms with Gasteiger partial charge in [-0.05, 0) is 31.4 Å². The minimum atomic E-state index is -0.649. The number of benzene rings is 1. The molecule has 1 aromatic carbocycles. The Labute approximate surface area is 118 Å². The van der Waals surface area contributed by atoms with Crippen molar-refractivity contribution in [2.75, 3.05) is 0 Å². The Balaban J connectivity index is 1.98. The van der Waals surface area contributed by atoms with Crippen LogP contribution < -0.4 is 0 Å². The maximum absolute atomic E-state index is 2.47. The molecule has 2 aliphatic rings. The molecule has 3 rings (SSSR count). The third kappa shape index (κ3) is 2.06. The number of hydrogen-bond donors (Lipinski definition) is 0. The summed E-state index contributed by atoms with van der Waals surface area (Å²) in [5.74, 6) is 0.540. The molecular formula is C18H22Si. The average Bonchev–Trinajstić information content (AvgIpc) is 2.88. The van der Waals surface area contributed by atoms with Crippen molar-refractivity contribution in [3.8, 4) is 0 Å². The molecular weight excluding hydrogens is 244 g/mol. The van der Waals surface area contributed by atoms with E-state index in [4.69, 9.17) is 0 Å². The lowest BCUT2D eigenvalue weighted by molar-refractivity contribution is 0.902. The van der Waals surface area contributed by atoms with E-state index in [1.165, 1.54) is 28.7 Å². The summed E-state index contributed by atoms with van der Waals surface area (Å²) in [5, 5.41) is 1.73. The van der Waals surface area contributed by atoms with Crippen molar-refractivity contribution >= 4 is 14.9 Å². The van der Waals surface area contributed by atoms with Crippen LogP contribution in [0.25, 0.3) is 6.08 Å². The Bertz CT molecular complexity index is 614. The van der Waals surface area contributed by atoms with Crippen LogP contribution in [0.1, 0.15) is 37.3 Å². The quantitative estimate of drug-likeness (QED) is 0.671. The van der Waals surface area contributed by atoms with Crippen molar-refractivity contribution in [3.05, 3.63) is 63.4 Å². The molecule has 0 fully saturated rings. The number of fused-ring (bicyclic) bond motifs is 1. The summed E-state index contributed by atoms with van der Waals surface area (Å²) in [5.41, 5.74) is 7.60. The van der Waals surface area contributed by atoms with E-state index in [0.717, 1.165) is 0 Å². The van der Waals surface area contributed by atoms with Gasteiger partial charge in [0.2, 0.25) is 0 Å². The van der Waals surface area contributed by atoms with Crippen LogP contribution in [0.4, 0.5) is 0 Å². The van der Waals surface area contributed by atoms with Crippen molar-refractivity contribution in [2.24, 2.45) is 0 Å². The van der Waals surface area contributed by atoms with Crippen molar-refractivity contribution in [1.82, 2.24) is 0 Å². The topological polar surface area (TPSA) is 0 Å². The third-order valence-electron chi connectivity index (χ3n) is 4.54. The lowest BCUT2D eigenvalue weighted by Gasteiger charge is -2.19. The molecule has 0 heterocycles. The molecule has 0 spiro atoms. The molecule has 2 aliphatic carbocycles. The SMILES string of the molecule is CC1=Cc2ccccc2[C@H]1C1=C(C)C=C([SiH](C)C)C1. The highest BCUT2D eigenvalue weighted by atomic mass is 28.3. The van der Waals surface area contributed by atoms with E-state index in [1.807, 2.05) is 0 Å². The van der Waals surface area contributed by atoms with Gasteiger partial charge in [-0.2, -0.15) is 0 Å². The second kappa shape index (κ2) is 4.64. The molecule has 19 heavy (non-hydrogen) atoms. The molecule has 0 amide bonds. The molecule has 98 valence electrons. The number of hydrogen-bond acceptors (Lipinski definition) is 0. The molecule has 0 saturated carbocycles. The van der Waals surface area contributed by atoms with Crippen LogP contribution in [0.5, 0.6) is 0 Å². The van der Waals surface area contributed by atoms with E-state index in [1.54, 1.807) is 10.8 Å². The normalized spacial score (nSPS) is 21.8. The third-order valence-corrected chi connectivity index (χ3v) is 6.39. The highest BCUT2D eigenvalue weighted by Gasteiger charge is 2.29.